The zero-order valence-electron chi connectivity index (χ0n) is 12.4. The van der Waals surface area contributed by atoms with Gasteiger partial charge in [0.25, 0.3) is 6.01 Å². The second-order valence-electron chi connectivity index (χ2n) is 5.51. The van der Waals surface area contributed by atoms with E-state index in [0.29, 0.717) is 34.8 Å². The fourth-order valence-electron chi connectivity index (χ4n) is 2.83. The van der Waals surface area contributed by atoms with Gasteiger partial charge in [-0.05, 0) is 26.0 Å². The van der Waals surface area contributed by atoms with Crippen LogP contribution in [0.3, 0.4) is 0 Å². The number of rotatable bonds is 2. The SMILES string of the molecule is COC(=O)c1cccc2oc(N3CC(C)NC(C)C3)nc12. The third-order valence-electron chi connectivity index (χ3n) is 3.64. The number of hydrogen-bond donors (Lipinski definition) is 1. The van der Waals surface area contributed by atoms with Gasteiger partial charge in [-0.3, -0.25) is 0 Å². The van der Waals surface area contributed by atoms with Gasteiger partial charge in [0.15, 0.2) is 5.58 Å². The van der Waals surface area contributed by atoms with Crippen molar-refractivity contribution in [3.8, 4) is 0 Å². The van der Waals surface area contributed by atoms with Crippen molar-refractivity contribution in [1.82, 2.24) is 10.3 Å². The molecule has 2 aromatic rings. The minimum Gasteiger partial charge on any atom is -0.465 e. The molecule has 1 saturated heterocycles. The van der Waals surface area contributed by atoms with Crippen LogP contribution >= 0.6 is 0 Å². The lowest BCUT2D eigenvalue weighted by Crippen LogP contribution is -2.54. The Morgan fingerprint density at radius 3 is 2.76 bits per heavy atom. The number of piperazine rings is 1. The Labute approximate surface area is 123 Å². The first kappa shape index (κ1) is 13.9. The van der Waals surface area contributed by atoms with E-state index in [1.807, 2.05) is 6.07 Å². The maximum Gasteiger partial charge on any atom is 0.340 e. The fraction of sp³-hybridized carbons (Fsp3) is 0.467. The molecule has 112 valence electrons. The second-order valence-corrected chi connectivity index (χ2v) is 5.51. The minimum atomic E-state index is -0.400. The van der Waals surface area contributed by atoms with Crippen molar-refractivity contribution in [3.63, 3.8) is 0 Å². The summed E-state index contributed by atoms with van der Waals surface area (Å²) in [7, 11) is 1.36. The molecule has 1 aromatic heterocycles. The highest BCUT2D eigenvalue weighted by Gasteiger charge is 2.25. The van der Waals surface area contributed by atoms with Gasteiger partial charge < -0.3 is 19.4 Å². The molecule has 0 amide bonds. The average molecular weight is 289 g/mol. The molecule has 2 unspecified atom stereocenters. The Morgan fingerprint density at radius 1 is 1.38 bits per heavy atom. The summed E-state index contributed by atoms with van der Waals surface area (Å²) >= 11 is 0. The van der Waals surface area contributed by atoms with Gasteiger partial charge >= 0.3 is 5.97 Å². The van der Waals surface area contributed by atoms with E-state index in [1.165, 1.54) is 7.11 Å². The van der Waals surface area contributed by atoms with Crippen molar-refractivity contribution in [3.05, 3.63) is 23.8 Å². The van der Waals surface area contributed by atoms with Gasteiger partial charge in [-0.1, -0.05) is 6.07 Å². The molecule has 0 aliphatic carbocycles. The molecular weight excluding hydrogens is 270 g/mol. The summed E-state index contributed by atoms with van der Waals surface area (Å²) in [5, 5.41) is 3.47. The lowest BCUT2D eigenvalue weighted by Gasteiger charge is -2.35. The number of carbonyl (C=O) groups is 1. The van der Waals surface area contributed by atoms with Crippen LogP contribution in [0.15, 0.2) is 22.6 Å². The van der Waals surface area contributed by atoms with Gasteiger partial charge in [0.1, 0.15) is 5.52 Å². The zero-order valence-corrected chi connectivity index (χ0v) is 12.4. The highest BCUT2D eigenvalue weighted by atomic mass is 16.5. The number of nitrogens with one attached hydrogen (secondary N) is 1. The molecule has 3 rings (SSSR count). The highest BCUT2D eigenvalue weighted by molar-refractivity contribution is 6.01. The standard InChI is InChI=1S/C15H19N3O3/c1-9-7-18(8-10(2)16-9)15-17-13-11(14(19)20-3)5-4-6-12(13)21-15/h4-6,9-10,16H,7-8H2,1-3H3. The number of ether oxygens (including phenoxy) is 1. The summed E-state index contributed by atoms with van der Waals surface area (Å²) in [6.45, 7) is 5.91. The van der Waals surface area contributed by atoms with Crippen LogP contribution in [-0.4, -0.2) is 43.2 Å². The Balaban J connectivity index is 1.99. The molecule has 1 N–H and O–H groups in total. The summed E-state index contributed by atoms with van der Waals surface area (Å²) < 4.78 is 10.6. The van der Waals surface area contributed by atoms with E-state index in [1.54, 1.807) is 12.1 Å². The van der Waals surface area contributed by atoms with Gasteiger partial charge in [-0.25, -0.2) is 4.79 Å². The van der Waals surface area contributed by atoms with E-state index in [9.17, 15) is 4.79 Å². The summed E-state index contributed by atoms with van der Waals surface area (Å²) in [6.07, 6.45) is 0. The molecule has 21 heavy (non-hydrogen) atoms. The number of aromatic nitrogens is 1. The smallest absolute Gasteiger partial charge is 0.340 e. The maximum absolute atomic E-state index is 11.8. The van der Waals surface area contributed by atoms with E-state index in [0.717, 1.165) is 13.1 Å². The van der Waals surface area contributed by atoms with Gasteiger partial charge in [0, 0.05) is 25.2 Å². The lowest BCUT2D eigenvalue weighted by atomic mass is 10.1. The van der Waals surface area contributed by atoms with Crippen molar-refractivity contribution in [2.45, 2.75) is 25.9 Å². The minimum absolute atomic E-state index is 0.365. The Morgan fingerprint density at radius 2 is 2.10 bits per heavy atom. The van der Waals surface area contributed by atoms with Crippen molar-refractivity contribution in [2.75, 3.05) is 25.1 Å². The van der Waals surface area contributed by atoms with Crippen LogP contribution in [0.2, 0.25) is 0 Å². The number of esters is 1. The normalized spacial score (nSPS) is 22.5. The predicted molar refractivity (Wildman–Crippen MR) is 79.6 cm³/mol. The lowest BCUT2D eigenvalue weighted by molar-refractivity contribution is 0.0602. The van der Waals surface area contributed by atoms with Crippen LogP contribution < -0.4 is 10.2 Å². The van der Waals surface area contributed by atoms with Gasteiger partial charge in [-0.15, -0.1) is 0 Å². The van der Waals surface area contributed by atoms with E-state index < -0.39 is 5.97 Å². The second kappa shape index (κ2) is 5.37. The van der Waals surface area contributed by atoms with Crippen LogP contribution in [0.5, 0.6) is 0 Å². The fourth-order valence-corrected chi connectivity index (χ4v) is 2.83. The van der Waals surface area contributed by atoms with Crippen LogP contribution in [0.25, 0.3) is 11.1 Å². The number of carbonyl (C=O) groups excluding carboxylic acids is 1. The van der Waals surface area contributed by atoms with E-state index >= 15 is 0 Å². The number of para-hydroxylation sites is 1. The summed E-state index contributed by atoms with van der Waals surface area (Å²) in [4.78, 5) is 18.4. The van der Waals surface area contributed by atoms with E-state index in [4.69, 9.17) is 9.15 Å². The maximum atomic E-state index is 11.8. The number of fused-ring (bicyclic) bond motifs is 1. The number of oxazole rings is 1. The van der Waals surface area contributed by atoms with Crippen LogP contribution in [0.4, 0.5) is 6.01 Å². The Hall–Kier alpha value is -2.08. The summed E-state index contributed by atoms with van der Waals surface area (Å²) in [5.41, 5.74) is 1.59. The van der Waals surface area contributed by atoms with Crippen molar-refractivity contribution in [2.24, 2.45) is 0 Å². The third-order valence-corrected chi connectivity index (χ3v) is 3.64. The first-order valence-corrected chi connectivity index (χ1v) is 7.07. The van der Waals surface area contributed by atoms with Gasteiger partial charge in [0.2, 0.25) is 0 Å². The van der Waals surface area contributed by atoms with Crippen LogP contribution in [-0.2, 0) is 4.74 Å². The highest BCUT2D eigenvalue weighted by Crippen LogP contribution is 2.26. The molecule has 1 fully saturated rings. The molecule has 6 nitrogen and oxygen atoms in total. The number of methoxy groups -OCH3 is 1. The monoisotopic (exact) mass is 289 g/mol. The number of nitrogens with zero attached hydrogens (tertiary/aromatic N) is 2. The average Bonchev–Trinajstić information content (AvgIpc) is 2.89. The number of hydrogen-bond acceptors (Lipinski definition) is 6. The van der Waals surface area contributed by atoms with Crippen LogP contribution in [0, 0.1) is 0 Å². The first-order chi connectivity index (χ1) is 10.1. The molecule has 2 heterocycles. The van der Waals surface area contributed by atoms with Crippen molar-refractivity contribution in [1.29, 1.82) is 0 Å². The molecule has 1 aromatic carbocycles. The Bertz CT molecular complexity index is 657. The topological polar surface area (TPSA) is 67.6 Å². The Kier molecular flexibility index (Phi) is 3.55. The molecule has 0 saturated carbocycles. The third kappa shape index (κ3) is 2.58. The molecular formula is C15H19N3O3. The molecule has 0 radical (unpaired) electrons. The zero-order chi connectivity index (χ0) is 15.0. The molecule has 2 atom stereocenters. The van der Waals surface area contributed by atoms with Gasteiger partial charge in [0.05, 0.1) is 12.7 Å². The molecule has 0 bridgehead atoms. The molecule has 1 aliphatic rings. The van der Waals surface area contributed by atoms with Crippen molar-refractivity contribution < 1.29 is 13.9 Å². The first-order valence-electron chi connectivity index (χ1n) is 7.07. The molecule has 1 aliphatic heterocycles. The van der Waals surface area contributed by atoms with Crippen LogP contribution in [0.1, 0.15) is 24.2 Å². The molecule has 6 heteroatoms. The van der Waals surface area contributed by atoms with Gasteiger partial charge in [-0.2, -0.15) is 4.98 Å². The molecule has 0 spiro atoms. The van der Waals surface area contributed by atoms with E-state index in [2.05, 4.69) is 29.0 Å². The quantitative estimate of drug-likeness (QED) is 0.850. The summed E-state index contributed by atoms with van der Waals surface area (Å²) in [6, 6.07) is 6.57. The van der Waals surface area contributed by atoms with Crippen molar-refractivity contribution >= 4 is 23.1 Å². The summed E-state index contributed by atoms with van der Waals surface area (Å²) in [5.74, 6) is -0.400. The number of benzene rings is 1. The predicted octanol–water partition coefficient (Wildman–Crippen LogP) is 1.80. The number of anilines is 1. The largest absolute Gasteiger partial charge is 0.465 e. The van der Waals surface area contributed by atoms with E-state index in [-0.39, 0.29) is 0 Å².